The molecule has 1 aromatic rings. The number of hydrogen-bond donors (Lipinski definition) is 1. The lowest BCUT2D eigenvalue weighted by atomic mass is 10.2. The van der Waals surface area contributed by atoms with Crippen LogP contribution in [0.3, 0.4) is 0 Å². The molecule has 0 saturated carbocycles. The van der Waals surface area contributed by atoms with Gasteiger partial charge >= 0.3 is 0 Å². The first kappa shape index (κ1) is 15.6. The Balaban J connectivity index is 2.41. The van der Waals surface area contributed by atoms with Crippen molar-refractivity contribution in [3.63, 3.8) is 0 Å². The number of sulfonamides is 1. The van der Waals surface area contributed by atoms with Crippen LogP contribution in [0.15, 0.2) is 17.0 Å². The standard InChI is InChI=1S/C13H19ClN2O3S/c1-9-6-11(14)12(15)7-13(9)20(17,18)16-4-3-5-19-10(2)8-16/h6-7,10H,3-5,8,15H2,1-2H3. The molecule has 1 heterocycles. The fraction of sp³-hybridized carbons (Fsp3) is 0.538. The van der Waals surface area contributed by atoms with Crippen LogP contribution in [0.4, 0.5) is 5.69 Å². The third-order valence-electron chi connectivity index (χ3n) is 3.33. The summed E-state index contributed by atoms with van der Waals surface area (Å²) in [7, 11) is -3.57. The molecule has 2 N–H and O–H groups in total. The van der Waals surface area contributed by atoms with E-state index in [1.165, 1.54) is 10.4 Å². The second-order valence-corrected chi connectivity index (χ2v) is 7.35. The van der Waals surface area contributed by atoms with E-state index in [1.807, 2.05) is 6.92 Å². The largest absolute Gasteiger partial charge is 0.397 e. The number of ether oxygens (including phenoxy) is 1. The molecule has 5 nitrogen and oxygen atoms in total. The molecule has 1 atom stereocenters. The number of nitrogen functional groups attached to an aromatic ring is 1. The van der Waals surface area contributed by atoms with Crippen molar-refractivity contribution in [3.8, 4) is 0 Å². The monoisotopic (exact) mass is 318 g/mol. The predicted molar refractivity (Wildman–Crippen MR) is 79.4 cm³/mol. The van der Waals surface area contributed by atoms with Crippen LogP contribution in [-0.2, 0) is 14.8 Å². The number of aryl methyl sites for hydroxylation is 1. The SMILES string of the molecule is Cc1cc(Cl)c(N)cc1S(=O)(=O)N1CCCOC(C)C1. The first-order valence-electron chi connectivity index (χ1n) is 6.49. The predicted octanol–water partition coefficient (Wildman–Crippen LogP) is 2.03. The highest BCUT2D eigenvalue weighted by Gasteiger charge is 2.29. The number of anilines is 1. The molecule has 1 aliphatic heterocycles. The van der Waals surface area contributed by atoms with E-state index in [9.17, 15) is 8.42 Å². The molecule has 1 aliphatic rings. The van der Waals surface area contributed by atoms with Crippen molar-refractivity contribution in [1.82, 2.24) is 4.31 Å². The van der Waals surface area contributed by atoms with E-state index in [1.54, 1.807) is 13.0 Å². The van der Waals surface area contributed by atoms with E-state index in [0.29, 0.717) is 36.7 Å². The minimum Gasteiger partial charge on any atom is -0.397 e. The summed E-state index contributed by atoms with van der Waals surface area (Å²) < 4.78 is 32.4. The van der Waals surface area contributed by atoms with Crippen molar-refractivity contribution in [3.05, 3.63) is 22.7 Å². The normalized spacial score (nSPS) is 21.6. The van der Waals surface area contributed by atoms with Gasteiger partial charge in [0.05, 0.1) is 21.7 Å². The lowest BCUT2D eigenvalue weighted by Crippen LogP contribution is -2.36. The first-order valence-corrected chi connectivity index (χ1v) is 8.31. The number of nitrogens with two attached hydrogens (primary N) is 1. The lowest BCUT2D eigenvalue weighted by Gasteiger charge is -2.23. The average molecular weight is 319 g/mol. The Morgan fingerprint density at radius 3 is 2.85 bits per heavy atom. The third kappa shape index (κ3) is 3.09. The van der Waals surface area contributed by atoms with Gasteiger partial charge in [0.1, 0.15) is 0 Å². The van der Waals surface area contributed by atoms with Crippen LogP contribution < -0.4 is 5.73 Å². The highest BCUT2D eigenvalue weighted by atomic mass is 35.5. The summed E-state index contributed by atoms with van der Waals surface area (Å²) >= 11 is 5.92. The Labute approximate surface area is 124 Å². The van der Waals surface area contributed by atoms with Gasteiger partial charge in [0.2, 0.25) is 10.0 Å². The van der Waals surface area contributed by atoms with Crippen LogP contribution >= 0.6 is 11.6 Å². The zero-order valence-electron chi connectivity index (χ0n) is 11.6. The molecule has 2 rings (SSSR count). The Bertz CT molecular complexity index is 604. The van der Waals surface area contributed by atoms with Crippen LogP contribution in [0.5, 0.6) is 0 Å². The summed E-state index contributed by atoms with van der Waals surface area (Å²) in [6.45, 7) is 4.97. The molecule has 0 aromatic heterocycles. The number of benzene rings is 1. The Kier molecular flexibility index (Phi) is 4.59. The first-order chi connectivity index (χ1) is 9.32. The molecule has 7 heteroatoms. The summed E-state index contributed by atoms with van der Waals surface area (Å²) in [4.78, 5) is 0.216. The molecular weight excluding hydrogens is 300 g/mol. The summed E-state index contributed by atoms with van der Waals surface area (Å²) in [6, 6.07) is 3.02. The van der Waals surface area contributed by atoms with Crippen LogP contribution in [-0.4, -0.2) is 38.5 Å². The van der Waals surface area contributed by atoms with E-state index < -0.39 is 10.0 Å². The second-order valence-electron chi connectivity index (χ2n) is 5.04. The number of rotatable bonds is 2. The van der Waals surface area contributed by atoms with E-state index in [2.05, 4.69) is 0 Å². The number of nitrogens with zero attached hydrogens (tertiary/aromatic N) is 1. The van der Waals surface area contributed by atoms with Gasteiger partial charge in [-0.2, -0.15) is 4.31 Å². The van der Waals surface area contributed by atoms with Gasteiger partial charge in [-0.25, -0.2) is 8.42 Å². The average Bonchev–Trinajstić information content (AvgIpc) is 2.58. The highest BCUT2D eigenvalue weighted by molar-refractivity contribution is 7.89. The van der Waals surface area contributed by atoms with Crippen molar-refractivity contribution in [2.24, 2.45) is 0 Å². The van der Waals surface area contributed by atoms with Crippen molar-refractivity contribution in [2.75, 3.05) is 25.4 Å². The highest BCUT2D eigenvalue weighted by Crippen LogP contribution is 2.28. The number of halogens is 1. The van der Waals surface area contributed by atoms with Gasteiger partial charge in [0.15, 0.2) is 0 Å². The molecular formula is C13H19ClN2O3S. The van der Waals surface area contributed by atoms with Gasteiger partial charge in [0.25, 0.3) is 0 Å². The zero-order chi connectivity index (χ0) is 14.9. The summed E-state index contributed by atoms with van der Waals surface area (Å²) in [5, 5.41) is 0.369. The molecule has 1 fully saturated rings. The van der Waals surface area contributed by atoms with Crippen LogP contribution in [0.1, 0.15) is 18.9 Å². The molecule has 0 amide bonds. The Hall–Kier alpha value is -0.820. The van der Waals surface area contributed by atoms with Crippen molar-refractivity contribution < 1.29 is 13.2 Å². The molecule has 112 valence electrons. The fourth-order valence-corrected chi connectivity index (χ4v) is 4.27. The Morgan fingerprint density at radius 1 is 1.45 bits per heavy atom. The van der Waals surface area contributed by atoms with Gasteiger partial charge in [-0.1, -0.05) is 11.6 Å². The molecule has 1 aromatic carbocycles. The second kappa shape index (κ2) is 5.89. The van der Waals surface area contributed by atoms with Gasteiger partial charge in [-0.05, 0) is 38.0 Å². The van der Waals surface area contributed by atoms with Gasteiger partial charge in [-0.15, -0.1) is 0 Å². The van der Waals surface area contributed by atoms with Gasteiger partial charge in [0, 0.05) is 19.7 Å². The maximum Gasteiger partial charge on any atom is 0.243 e. The zero-order valence-corrected chi connectivity index (χ0v) is 13.2. The molecule has 0 aliphatic carbocycles. The summed E-state index contributed by atoms with van der Waals surface area (Å²) in [5.74, 6) is 0. The smallest absolute Gasteiger partial charge is 0.243 e. The minimum absolute atomic E-state index is 0.114. The third-order valence-corrected chi connectivity index (χ3v) is 5.66. The number of hydrogen-bond acceptors (Lipinski definition) is 4. The van der Waals surface area contributed by atoms with E-state index >= 15 is 0 Å². The van der Waals surface area contributed by atoms with Crippen LogP contribution in [0.2, 0.25) is 5.02 Å². The van der Waals surface area contributed by atoms with E-state index in [4.69, 9.17) is 22.1 Å². The van der Waals surface area contributed by atoms with E-state index in [0.717, 1.165) is 0 Å². The molecule has 20 heavy (non-hydrogen) atoms. The summed E-state index contributed by atoms with van der Waals surface area (Å²) in [6.07, 6.45) is 0.573. The fourth-order valence-electron chi connectivity index (χ4n) is 2.26. The molecule has 1 unspecified atom stereocenters. The minimum atomic E-state index is -3.57. The maximum absolute atomic E-state index is 12.7. The summed E-state index contributed by atoms with van der Waals surface area (Å²) in [5.41, 5.74) is 6.61. The molecule has 1 saturated heterocycles. The topological polar surface area (TPSA) is 72.6 Å². The van der Waals surface area contributed by atoms with Crippen LogP contribution in [0, 0.1) is 6.92 Å². The van der Waals surface area contributed by atoms with Crippen molar-refractivity contribution in [2.45, 2.75) is 31.3 Å². The maximum atomic E-state index is 12.7. The van der Waals surface area contributed by atoms with E-state index in [-0.39, 0.29) is 16.7 Å². The molecule has 0 bridgehead atoms. The Morgan fingerprint density at radius 2 is 2.15 bits per heavy atom. The molecule has 0 radical (unpaired) electrons. The van der Waals surface area contributed by atoms with Crippen molar-refractivity contribution in [1.29, 1.82) is 0 Å². The molecule has 0 spiro atoms. The lowest BCUT2D eigenvalue weighted by molar-refractivity contribution is 0.0752. The van der Waals surface area contributed by atoms with Gasteiger partial charge in [-0.3, -0.25) is 0 Å². The quantitative estimate of drug-likeness (QED) is 0.847. The van der Waals surface area contributed by atoms with Crippen molar-refractivity contribution >= 4 is 27.3 Å². The van der Waals surface area contributed by atoms with Gasteiger partial charge < -0.3 is 10.5 Å². The van der Waals surface area contributed by atoms with Crippen LogP contribution in [0.25, 0.3) is 0 Å².